The quantitative estimate of drug-likeness (QED) is 0.358. The van der Waals surface area contributed by atoms with Crippen LogP contribution in [0.1, 0.15) is 18.1 Å². The largest absolute Gasteiger partial charge is 0.493 e. The Bertz CT molecular complexity index is 1340. The van der Waals surface area contributed by atoms with Crippen molar-refractivity contribution < 1.29 is 18.6 Å². The second kappa shape index (κ2) is 9.18. The molecule has 0 radical (unpaired) electrons. The van der Waals surface area contributed by atoms with Gasteiger partial charge in [-0.3, -0.25) is 0 Å². The van der Waals surface area contributed by atoms with Gasteiger partial charge in [-0.05, 0) is 68.3 Å². The monoisotopic (exact) mass is 429 g/mol. The van der Waals surface area contributed by atoms with Crippen molar-refractivity contribution in [1.29, 1.82) is 0 Å². The van der Waals surface area contributed by atoms with E-state index in [1.807, 2.05) is 61.5 Å². The molecule has 5 heteroatoms. The van der Waals surface area contributed by atoms with Gasteiger partial charge >= 0.3 is 0 Å². The van der Waals surface area contributed by atoms with E-state index in [0.29, 0.717) is 23.9 Å². The van der Waals surface area contributed by atoms with E-state index in [9.17, 15) is 0 Å². The molecule has 0 bridgehead atoms. The number of aryl methyl sites for hydroxylation is 2. The van der Waals surface area contributed by atoms with E-state index in [-0.39, 0.29) is 0 Å². The Hall–Kier alpha value is -3.73. The Morgan fingerprint density at radius 2 is 1.62 bits per heavy atom. The lowest BCUT2D eigenvalue weighted by Gasteiger charge is -2.12. The topological polar surface area (TPSA) is 53.2 Å². The smallest absolute Gasteiger partial charge is 0.161 e. The minimum absolute atomic E-state index is 0.576. The van der Waals surface area contributed by atoms with Crippen molar-refractivity contribution in [3.05, 3.63) is 77.1 Å². The van der Waals surface area contributed by atoms with E-state index in [1.165, 1.54) is 0 Å². The molecule has 0 N–H and O–H groups in total. The van der Waals surface area contributed by atoms with Gasteiger partial charge in [-0.15, -0.1) is 0 Å². The highest BCUT2D eigenvalue weighted by Gasteiger charge is 2.12. The third kappa shape index (κ3) is 4.19. The zero-order chi connectivity index (χ0) is 22.7. The average Bonchev–Trinajstić information content (AvgIpc) is 2.79. The second-order valence-electron chi connectivity index (χ2n) is 7.53. The van der Waals surface area contributed by atoms with Gasteiger partial charge in [0.1, 0.15) is 22.8 Å². The summed E-state index contributed by atoms with van der Waals surface area (Å²) in [5.74, 6) is 2.75. The fourth-order valence-electron chi connectivity index (χ4n) is 3.86. The van der Waals surface area contributed by atoms with E-state index < -0.39 is 0 Å². The van der Waals surface area contributed by atoms with E-state index in [2.05, 4.69) is 19.9 Å². The molecule has 164 valence electrons. The summed E-state index contributed by atoms with van der Waals surface area (Å²) in [7, 11) is 3.24. The number of nitrogens with zero attached hydrogens (tertiary/aromatic N) is 1. The minimum atomic E-state index is 0.576. The van der Waals surface area contributed by atoms with Gasteiger partial charge in [0, 0.05) is 17.0 Å². The zero-order valence-corrected chi connectivity index (χ0v) is 19.1. The summed E-state index contributed by atoms with van der Waals surface area (Å²) >= 11 is 0. The molecule has 5 nitrogen and oxygen atoms in total. The van der Waals surface area contributed by atoms with Gasteiger partial charge in [0.15, 0.2) is 11.5 Å². The Balaban J connectivity index is 2.01. The Morgan fingerprint density at radius 1 is 0.844 bits per heavy atom. The van der Waals surface area contributed by atoms with Crippen molar-refractivity contribution in [2.75, 3.05) is 20.8 Å². The molecular weight excluding hydrogens is 402 g/mol. The van der Waals surface area contributed by atoms with Gasteiger partial charge in [-0.1, -0.05) is 18.2 Å². The number of ether oxygens (including phenoxy) is 3. The van der Waals surface area contributed by atoms with Crippen molar-refractivity contribution in [3.8, 4) is 28.6 Å². The maximum atomic E-state index is 6.35. The van der Waals surface area contributed by atoms with Crippen molar-refractivity contribution in [2.24, 2.45) is 4.99 Å². The number of methoxy groups -OCH3 is 2. The average molecular weight is 430 g/mol. The van der Waals surface area contributed by atoms with Gasteiger partial charge in [0.25, 0.3) is 0 Å². The number of para-hydroxylation sites is 2. The van der Waals surface area contributed by atoms with Crippen molar-refractivity contribution in [3.63, 3.8) is 0 Å². The first-order valence-electron chi connectivity index (χ1n) is 10.6. The molecule has 0 aliphatic heterocycles. The second-order valence-corrected chi connectivity index (χ2v) is 7.53. The molecule has 1 aromatic heterocycles. The molecule has 0 amide bonds. The third-order valence-electron chi connectivity index (χ3n) is 5.26. The molecule has 4 aromatic rings. The molecular formula is C27H27NO4. The summed E-state index contributed by atoms with van der Waals surface area (Å²) in [4.78, 5) is 5.00. The maximum absolute atomic E-state index is 6.35. The van der Waals surface area contributed by atoms with E-state index in [4.69, 9.17) is 23.6 Å². The molecule has 4 rings (SSSR count). The molecule has 0 fully saturated rings. The number of hydrogen-bond acceptors (Lipinski definition) is 5. The Kier molecular flexibility index (Phi) is 6.17. The van der Waals surface area contributed by atoms with Gasteiger partial charge in [0.2, 0.25) is 0 Å². The lowest BCUT2D eigenvalue weighted by molar-refractivity contribution is 0.341. The molecule has 1 heterocycles. The highest BCUT2D eigenvalue weighted by molar-refractivity contribution is 5.83. The summed E-state index contributed by atoms with van der Waals surface area (Å²) in [6.07, 6.45) is 0. The predicted octanol–water partition coefficient (Wildman–Crippen LogP) is 6.36. The molecule has 0 saturated carbocycles. The molecule has 32 heavy (non-hydrogen) atoms. The first-order valence-corrected chi connectivity index (χ1v) is 10.6. The van der Waals surface area contributed by atoms with Crippen LogP contribution in [0, 0.1) is 13.8 Å². The highest BCUT2D eigenvalue weighted by Crippen LogP contribution is 2.34. The predicted molar refractivity (Wildman–Crippen MR) is 127 cm³/mol. The highest BCUT2D eigenvalue weighted by atomic mass is 16.5. The van der Waals surface area contributed by atoms with E-state index >= 15 is 0 Å². The summed E-state index contributed by atoms with van der Waals surface area (Å²) < 4.78 is 23.0. The molecule has 0 spiro atoms. The molecule has 0 aliphatic carbocycles. The van der Waals surface area contributed by atoms with Gasteiger partial charge < -0.3 is 18.6 Å². The third-order valence-corrected chi connectivity index (χ3v) is 5.26. The van der Waals surface area contributed by atoms with Crippen LogP contribution < -0.4 is 19.6 Å². The van der Waals surface area contributed by atoms with Gasteiger partial charge in [0.05, 0.1) is 26.2 Å². The zero-order valence-electron chi connectivity index (χ0n) is 19.1. The molecule has 3 aromatic carbocycles. The van der Waals surface area contributed by atoms with E-state index in [1.54, 1.807) is 14.2 Å². The number of benzene rings is 3. The SMILES string of the molecule is CCOc1ccccc1N=c1cc(-c2ccc(OC)c(OC)c2)oc2cc(C)cc(C)c12. The summed E-state index contributed by atoms with van der Waals surface area (Å²) in [6.45, 7) is 6.68. The maximum Gasteiger partial charge on any atom is 0.161 e. The van der Waals surface area contributed by atoms with E-state index in [0.717, 1.165) is 44.5 Å². The molecule has 0 aliphatic rings. The van der Waals surface area contributed by atoms with Crippen LogP contribution in [-0.4, -0.2) is 20.8 Å². The first-order chi connectivity index (χ1) is 15.5. The normalized spacial score (nSPS) is 11.6. The van der Waals surface area contributed by atoms with Crippen molar-refractivity contribution in [1.82, 2.24) is 0 Å². The Morgan fingerprint density at radius 3 is 2.38 bits per heavy atom. The van der Waals surface area contributed by atoms with Gasteiger partial charge in [-0.2, -0.15) is 0 Å². The molecule has 0 atom stereocenters. The fourth-order valence-corrected chi connectivity index (χ4v) is 3.86. The van der Waals surface area contributed by atoms with Crippen LogP contribution in [-0.2, 0) is 0 Å². The summed E-state index contributed by atoms with van der Waals surface area (Å²) in [5.41, 5.74) is 4.67. The van der Waals surface area contributed by atoms with Crippen molar-refractivity contribution in [2.45, 2.75) is 20.8 Å². The van der Waals surface area contributed by atoms with Crippen LogP contribution in [0.5, 0.6) is 17.2 Å². The van der Waals surface area contributed by atoms with Crippen LogP contribution in [0.3, 0.4) is 0 Å². The summed E-state index contributed by atoms with van der Waals surface area (Å²) in [6, 6.07) is 19.7. The van der Waals surface area contributed by atoms with Gasteiger partial charge in [-0.25, -0.2) is 4.99 Å². The van der Waals surface area contributed by atoms with Crippen LogP contribution in [0.15, 0.2) is 70.1 Å². The lowest BCUT2D eigenvalue weighted by atomic mass is 10.0. The van der Waals surface area contributed by atoms with Crippen LogP contribution in [0.25, 0.3) is 22.3 Å². The minimum Gasteiger partial charge on any atom is -0.493 e. The number of hydrogen-bond donors (Lipinski definition) is 0. The first kappa shape index (κ1) is 21.5. The number of fused-ring (bicyclic) bond motifs is 1. The summed E-state index contributed by atoms with van der Waals surface area (Å²) in [5, 5.41) is 1.80. The fraction of sp³-hybridized carbons (Fsp3) is 0.222. The van der Waals surface area contributed by atoms with Crippen LogP contribution >= 0.6 is 0 Å². The molecule has 0 unspecified atom stereocenters. The number of rotatable bonds is 6. The standard InChI is InChI=1S/C27H27NO4/c1-6-31-22-10-8-7-9-20(22)28-21-16-24(19-11-12-23(29-4)25(15-19)30-5)32-26-14-17(2)13-18(3)27(21)26/h7-16H,6H2,1-5H3. The van der Waals surface area contributed by atoms with Crippen LogP contribution in [0.4, 0.5) is 5.69 Å². The van der Waals surface area contributed by atoms with Crippen molar-refractivity contribution >= 4 is 16.7 Å². The lowest BCUT2D eigenvalue weighted by Crippen LogP contribution is -2.06. The Labute approximate surface area is 187 Å². The molecule has 0 saturated heterocycles. The van der Waals surface area contributed by atoms with Crippen LogP contribution in [0.2, 0.25) is 0 Å².